The molecule has 8 nitrogen and oxygen atoms in total. The van der Waals surface area contributed by atoms with Crippen LogP contribution in [0.25, 0.3) is 16.9 Å². The van der Waals surface area contributed by atoms with E-state index in [1.165, 1.54) is 24.3 Å². The number of nitrogens with two attached hydrogens (primary N) is 1. The summed E-state index contributed by atoms with van der Waals surface area (Å²) < 4.78 is 29.7. The maximum atomic E-state index is 12.7. The molecule has 4 rings (SSSR count). The van der Waals surface area contributed by atoms with Gasteiger partial charge in [-0.3, -0.25) is 4.72 Å². The number of fused-ring (bicyclic) bond motifs is 1. The quantitative estimate of drug-likeness (QED) is 0.514. The van der Waals surface area contributed by atoms with Crippen molar-refractivity contribution in [2.75, 3.05) is 10.5 Å². The van der Waals surface area contributed by atoms with Crippen LogP contribution in [0.3, 0.4) is 0 Å². The van der Waals surface area contributed by atoms with Gasteiger partial charge in [0, 0.05) is 10.6 Å². The molecule has 0 saturated heterocycles. The van der Waals surface area contributed by atoms with E-state index in [4.69, 9.17) is 17.3 Å². The minimum atomic E-state index is -3.77. The van der Waals surface area contributed by atoms with Crippen LogP contribution < -0.4 is 10.5 Å². The van der Waals surface area contributed by atoms with Gasteiger partial charge in [-0.25, -0.2) is 8.42 Å². The van der Waals surface area contributed by atoms with Crippen LogP contribution in [-0.2, 0) is 10.0 Å². The van der Waals surface area contributed by atoms with E-state index in [2.05, 4.69) is 20.0 Å². The molecule has 10 heteroatoms. The largest absolute Gasteiger partial charge is 0.396 e. The van der Waals surface area contributed by atoms with E-state index < -0.39 is 10.0 Å². The highest BCUT2D eigenvalue weighted by molar-refractivity contribution is 7.92. The highest BCUT2D eigenvalue weighted by atomic mass is 35.5. The van der Waals surface area contributed by atoms with Gasteiger partial charge in [0.15, 0.2) is 5.82 Å². The second-order valence-electron chi connectivity index (χ2n) is 6.56. The maximum absolute atomic E-state index is 12.7. The molecule has 148 valence electrons. The fraction of sp³-hybridized carbons (Fsp3) is 0.105. The van der Waals surface area contributed by atoms with Crippen LogP contribution in [0, 0.1) is 13.8 Å². The molecular weight excluding hydrogens is 412 g/mol. The summed E-state index contributed by atoms with van der Waals surface area (Å²) >= 11 is 5.85. The zero-order valence-electron chi connectivity index (χ0n) is 15.6. The standard InChI is InChI=1S/C19H17ClN6O2S/c1-11-3-4-13(18-10-16(21)19-23-22-12(2)26(19)24-18)9-17(11)25-29(27,28)15-7-5-14(20)6-8-15/h3-10,25H,21H2,1-2H3. The number of anilines is 2. The topological polar surface area (TPSA) is 115 Å². The fourth-order valence-electron chi connectivity index (χ4n) is 2.86. The summed E-state index contributed by atoms with van der Waals surface area (Å²) in [5, 5.41) is 13.0. The first kappa shape index (κ1) is 19.2. The van der Waals surface area contributed by atoms with Gasteiger partial charge in [0.1, 0.15) is 0 Å². The molecule has 4 aromatic rings. The Labute approximate surface area is 172 Å². The third-order valence-electron chi connectivity index (χ3n) is 4.46. The van der Waals surface area contributed by atoms with Gasteiger partial charge in [0.25, 0.3) is 10.0 Å². The molecule has 0 atom stereocenters. The van der Waals surface area contributed by atoms with Crippen molar-refractivity contribution in [3.05, 3.63) is 64.9 Å². The lowest BCUT2D eigenvalue weighted by atomic mass is 10.1. The lowest BCUT2D eigenvalue weighted by Crippen LogP contribution is -2.13. The van der Waals surface area contributed by atoms with Gasteiger partial charge in [0.2, 0.25) is 5.65 Å². The Balaban J connectivity index is 1.75. The third-order valence-corrected chi connectivity index (χ3v) is 6.09. The van der Waals surface area contributed by atoms with Crippen molar-refractivity contribution in [3.63, 3.8) is 0 Å². The van der Waals surface area contributed by atoms with Crippen molar-refractivity contribution in [2.24, 2.45) is 0 Å². The second-order valence-corrected chi connectivity index (χ2v) is 8.68. The van der Waals surface area contributed by atoms with Crippen molar-refractivity contribution in [3.8, 4) is 11.3 Å². The van der Waals surface area contributed by atoms with Crippen LogP contribution in [-0.4, -0.2) is 28.2 Å². The summed E-state index contributed by atoms with van der Waals surface area (Å²) in [7, 11) is -3.77. The van der Waals surface area contributed by atoms with E-state index in [-0.39, 0.29) is 4.90 Å². The number of halogens is 1. The van der Waals surface area contributed by atoms with Crippen molar-refractivity contribution < 1.29 is 8.42 Å². The van der Waals surface area contributed by atoms with Crippen LogP contribution >= 0.6 is 11.6 Å². The minimum Gasteiger partial charge on any atom is -0.396 e. The molecule has 2 aromatic heterocycles. The number of hydrogen-bond acceptors (Lipinski definition) is 6. The first-order valence-electron chi connectivity index (χ1n) is 8.62. The summed E-state index contributed by atoms with van der Waals surface area (Å²) in [5.41, 5.74) is 9.47. The molecule has 2 aromatic carbocycles. The molecule has 0 radical (unpaired) electrons. The summed E-state index contributed by atoms with van der Waals surface area (Å²) in [6.07, 6.45) is 0. The Morgan fingerprint density at radius 1 is 1.03 bits per heavy atom. The molecule has 0 aliphatic heterocycles. The van der Waals surface area contributed by atoms with E-state index in [9.17, 15) is 8.42 Å². The van der Waals surface area contributed by atoms with Crippen LogP contribution in [0.5, 0.6) is 0 Å². The molecule has 0 aliphatic rings. The molecule has 0 aliphatic carbocycles. The normalized spacial score (nSPS) is 11.7. The number of nitrogen functional groups attached to an aromatic ring is 1. The smallest absolute Gasteiger partial charge is 0.261 e. The number of sulfonamides is 1. The number of hydrogen-bond donors (Lipinski definition) is 2. The zero-order chi connectivity index (χ0) is 20.8. The van der Waals surface area contributed by atoms with Gasteiger partial charge in [-0.2, -0.15) is 9.61 Å². The number of nitrogens with one attached hydrogen (secondary N) is 1. The van der Waals surface area contributed by atoms with Gasteiger partial charge >= 0.3 is 0 Å². The maximum Gasteiger partial charge on any atom is 0.261 e. The molecule has 0 fully saturated rings. The fourth-order valence-corrected chi connectivity index (χ4v) is 4.10. The Hall–Kier alpha value is -3.17. The molecule has 29 heavy (non-hydrogen) atoms. The van der Waals surface area contributed by atoms with E-state index in [0.29, 0.717) is 39.1 Å². The van der Waals surface area contributed by atoms with Crippen molar-refractivity contribution in [1.82, 2.24) is 19.8 Å². The van der Waals surface area contributed by atoms with E-state index in [0.717, 1.165) is 5.56 Å². The van der Waals surface area contributed by atoms with Gasteiger partial charge in [0.05, 0.1) is 22.0 Å². The van der Waals surface area contributed by atoms with Crippen molar-refractivity contribution in [1.29, 1.82) is 0 Å². The molecule has 2 heterocycles. The summed E-state index contributed by atoms with van der Waals surface area (Å²) in [6, 6.07) is 13.0. The molecule has 0 unspecified atom stereocenters. The molecule has 0 saturated carbocycles. The lowest BCUT2D eigenvalue weighted by Gasteiger charge is -2.13. The van der Waals surface area contributed by atoms with Gasteiger partial charge < -0.3 is 5.73 Å². The average molecular weight is 429 g/mol. The number of benzene rings is 2. The first-order chi connectivity index (χ1) is 13.7. The Morgan fingerprint density at radius 2 is 1.76 bits per heavy atom. The Bertz CT molecular complexity index is 1330. The number of nitrogens with zero attached hydrogens (tertiary/aromatic N) is 4. The number of aryl methyl sites for hydroxylation is 2. The Morgan fingerprint density at radius 3 is 2.48 bits per heavy atom. The van der Waals surface area contributed by atoms with Gasteiger partial charge in [-0.05, 0) is 55.8 Å². The average Bonchev–Trinajstić information content (AvgIpc) is 3.05. The molecule has 0 spiro atoms. The lowest BCUT2D eigenvalue weighted by molar-refractivity contribution is 0.601. The van der Waals surface area contributed by atoms with Crippen molar-refractivity contribution >= 4 is 38.6 Å². The van der Waals surface area contributed by atoms with Gasteiger partial charge in [-0.15, -0.1) is 10.2 Å². The van der Waals surface area contributed by atoms with Crippen molar-refractivity contribution in [2.45, 2.75) is 18.7 Å². The summed E-state index contributed by atoms with van der Waals surface area (Å²) in [6.45, 7) is 3.59. The van der Waals surface area contributed by atoms with E-state index in [1.807, 2.05) is 19.1 Å². The molecule has 0 bridgehead atoms. The highest BCUT2D eigenvalue weighted by Crippen LogP contribution is 2.28. The predicted molar refractivity (Wildman–Crippen MR) is 112 cm³/mol. The predicted octanol–water partition coefficient (Wildman–Crippen LogP) is 3.44. The highest BCUT2D eigenvalue weighted by Gasteiger charge is 2.17. The molecular formula is C19H17ClN6O2S. The molecule has 3 N–H and O–H groups in total. The summed E-state index contributed by atoms with van der Waals surface area (Å²) in [4.78, 5) is 0.121. The van der Waals surface area contributed by atoms with E-state index >= 15 is 0 Å². The first-order valence-corrected chi connectivity index (χ1v) is 10.5. The minimum absolute atomic E-state index is 0.121. The zero-order valence-corrected chi connectivity index (χ0v) is 17.2. The number of aromatic nitrogens is 4. The van der Waals surface area contributed by atoms with Crippen LogP contribution in [0.4, 0.5) is 11.4 Å². The van der Waals surface area contributed by atoms with Crippen LogP contribution in [0.2, 0.25) is 5.02 Å². The monoisotopic (exact) mass is 428 g/mol. The summed E-state index contributed by atoms with van der Waals surface area (Å²) in [5.74, 6) is 0.601. The Kier molecular flexibility index (Phi) is 4.64. The SMILES string of the molecule is Cc1ccc(-c2cc(N)c3nnc(C)n3n2)cc1NS(=O)(=O)c1ccc(Cl)cc1. The van der Waals surface area contributed by atoms with Gasteiger partial charge in [-0.1, -0.05) is 23.7 Å². The number of rotatable bonds is 4. The third kappa shape index (κ3) is 3.62. The van der Waals surface area contributed by atoms with Crippen LogP contribution in [0.15, 0.2) is 53.4 Å². The molecule has 0 amide bonds. The second kappa shape index (κ2) is 7.02. The van der Waals surface area contributed by atoms with Crippen LogP contribution in [0.1, 0.15) is 11.4 Å². The van der Waals surface area contributed by atoms with E-state index in [1.54, 1.807) is 23.6 Å².